The Hall–Kier alpha value is -1.48. The molecule has 0 radical (unpaired) electrons. The summed E-state index contributed by atoms with van der Waals surface area (Å²) in [5.74, 6) is 0. The van der Waals surface area contributed by atoms with Gasteiger partial charge >= 0.3 is 0 Å². The van der Waals surface area contributed by atoms with Gasteiger partial charge < -0.3 is 9.94 Å². The fourth-order valence-electron chi connectivity index (χ4n) is 2.71. The van der Waals surface area contributed by atoms with Crippen LogP contribution in [-0.2, 0) is 25.7 Å². The molecule has 1 aliphatic heterocycles. The molecule has 1 aromatic carbocycles. The van der Waals surface area contributed by atoms with E-state index >= 15 is 0 Å². The van der Waals surface area contributed by atoms with Gasteiger partial charge in [-0.25, -0.2) is 0 Å². The summed E-state index contributed by atoms with van der Waals surface area (Å²) in [6.45, 7) is 3.40. The molecule has 1 heterocycles. The summed E-state index contributed by atoms with van der Waals surface area (Å²) in [4.78, 5) is 7.24. The first-order chi connectivity index (χ1) is 11.4. The van der Waals surface area contributed by atoms with E-state index in [1.54, 1.807) is 0 Å². The van der Waals surface area contributed by atoms with Gasteiger partial charge in [0.15, 0.2) is 0 Å². The molecule has 1 unspecified atom stereocenters. The molecule has 0 aliphatic carbocycles. The Bertz CT molecular complexity index is 662. The van der Waals surface area contributed by atoms with Crippen LogP contribution in [0.2, 0.25) is 0 Å². The van der Waals surface area contributed by atoms with Crippen LogP contribution in [0.25, 0.3) is 0 Å². The van der Waals surface area contributed by atoms with E-state index in [1.807, 2.05) is 37.3 Å². The average molecular weight is 356 g/mol. The van der Waals surface area contributed by atoms with Gasteiger partial charge in [-0.15, -0.1) is 0 Å². The van der Waals surface area contributed by atoms with Gasteiger partial charge in [0.05, 0.1) is 30.6 Å². The van der Waals surface area contributed by atoms with Crippen molar-refractivity contribution in [3.05, 3.63) is 35.9 Å². The Balaban J connectivity index is 2.18. The summed E-state index contributed by atoms with van der Waals surface area (Å²) >= 11 is 0. The fourth-order valence-corrected chi connectivity index (χ4v) is 3.15. The molecular weight excluding hydrogens is 332 g/mol. The molecule has 7 nitrogen and oxygen atoms in total. The zero-order valence-electron chi connectivity index (χ0n) is 14.0. The van der Waals surface area contributed by atoms with Gasteiger partial charge in [-0.3, -0.25) is 9.08 Å². The van der Waals surface area contributed by atoms with E-state index in [-0.39, 0.29) is 13.2 Å². The van der Waals surface area contributed by atoms with Crippen LogP contribution in [0.3, 0.4) is 0 Å². The number of aliphatic hydroxyl groups is 1. The molecule has 0 spiro atoms. The summed E-state index contributed by atoms with van der Waals surface area (Å²) in [6.07, 6.45) is 0.994. The molecule has 1 aliphatic rings. The number of aliphatic hydroxyl groups excluding tert-OH is 1. The van der Waals surface area contributed by atoms with Gasteiger partial charge in [-0.2, -0.15) is 8.42 Å². The maximum absolute atomic E-state index is 11.4. The first-order valence-corrected chi connectivity index (χ1v) is 9.61. The second-order valence-corrected chi connectivity index (χ2v) is 7.64. The third-order valence-electron chi connectivity index (χ3n) is 3.92. The largest absolute Gasteiger partial charge is 0.396 e. The highest BCUT2D eigenvalue weighted by molar-refractivity contribution is 7.85. The smallest absolute Gasteiger partial charge is 0.264 e. The van der Waals surface area contributed by atoms with Crippen molar-refractivity contribution in [3.8, 4) is 0 Å². The van der Waals surface area contributed by atoms with E-state index < -0.39 is 15.5 Å². The number of hydrogen-bond donors (Lipinski definition) is 1. The van der Waals surface area contributed by atoms with E-state index in [9.17, 15) is 13.5 Å². The molecular formula is C16H24N2O5S. The van der Waals surface area contributed by atoms with Crippen LogP contribution >= 0.6 is 0 Å². The molecule has 0 bridgehead atoms. The summed E-state index contributed by atoms with van der Waals surface area (Å²) in [5.41, 5.74) is 0.852. The lowest BCUT2D eigenvalue weighted by Gasteiger charge is -2.26. The van der Waals surface area contributed by atoms with Crippen LogP contribution in [0.15, 0.2) is 35.5 Å². The molecule has 8 heteroatoms. The second kappa shape index (κ2) is 8.06. The molecule has 0 saturated carbocycles. The first-order valence-electron chi connectivity index (χ1n) is 7.79. The molecule has 1 saturated heterocycles. The highest BCUT2D eigenvalue weighted by atomic mass is 32.2. The molecule has 24 heavy (non-hydrogen) atoms. The monoisotopic (exact) mass is 356 g/mol. The van der Waals surface area contributed by atoms with Crippen LogP contribution in [0, 0.1) is 5.41 Å². The van der Waals surface area contributed by atoms with Gasteiger partial charge in [0.1, 0.15) is 6.61 Å². The Kier molecular flexibility index (Phi) is 6.34. The van der Waals surface area contributed by atoms with Crippen molar-refractivity contribution in [2.45, 2.75) is 13.5 Å². The van der Waals surface area contributed by atoms with E-state index in [0.717, 1.165) is 11.8 Å². The molecule has 1 fully saturated rings. The van der Waals surface area contributed by atoms with Crippen LogP contribution < -0.4 is 0 Å². The molecule has 0 aromatic heterocycles. The first kappa shape index (κ1) is 18.9. The summed E-state index contributed by atoms with van der Waals surface area (Å²) in [7, 11) is -3.61. The number of rotatable bonds is 8. The normalized spacial score (nSPS) is 23.7. The molecule has 1 N–H and O–H groups in total. The molecule has 1 aromatic rings. The van der Waals surface area contributed by atoms with Crippen molar-refractivity contribution in [2.75, 3.05) is 39.2 Å². The highest BCUT2D eigenvalue weighted by Gasteiger charge is 2.45. The third kappa shape index (κ3) is 5.01. The third-order valence-corrected chi connectivity index (χ3v) is 4.46. The molecule has 0 amide bonds. The van der Waals surface area contributed by atoms with Crippen molar-refractivity contribution < 1.29 is 22.5 Å². The summed E-state index contributed by atoms with van der Waals surface area (Å²) in [5, 5.41) is 14.0. The van der Waals surface area contributed by atoms with E-state index in [0.29, 0.717) is 32.0 Å². The number of oxime groups is 1. The van der Waals surface area contributed by atoms with Crippen molar-refractivity contribution in [2.24, 2.45) is 10.6 Å². The summed E-state index contributed by atoms with van der Waals surface area (Å²) < 4.78 is 27.7. The van der Waals surface area contributed by atoms with E-state index in [4.69, 9.17) is 9.02 Å². The van der Waals surface area contributed by atoms with E-state index in [2.05, 4.69) is 10.1 Å². The minimum atomic E-state index is -3.61. The van der Waals surface area contributed by atoms with Crippen LogP contribution in [0.5, 0.6) is 0 Å². The van der Waals surface area contributed by atoms with Gasteiger partial charge in [-0.1, -0.05) is 35.5 Å². The Morgan fingerprint density at radius 3 is 2.62 bits per heavy atom. The van der Waals surface area contributed by atoms with Crippen molar-refractivity contribution in [1.29, 1.82) is 0 Å². The quantitative estimate of drug-likeness (QED) is 0.549. The van der Waals surface area contributed by atoms with Crippen LogP contribution in [-0.4, -0.2) is 63.3 Å². The van der Waals surface area contributed by atoms with Crippen molar-refractivity contribution in [1.82, 2.24) is 4.90 Å². The zero-order valence-corrected chi connectivity index (χ0v) is 14.8. The average Bonchev–Trinajstić information content (AvgIpc) is 2.89. The maximum Gasteiger partial charge on any atom is 0.264 e. The zero-order chi connectivity index (χ0) is 17.6. The SMILES string of the molecule is CCON=C1CN(Cc2ccccc2)CC1(CO)COS(C)(=O)=O. The van der Waals surface area contributed by atoms with Gasteiger partial charge in [0, 0.05) is 19.6 Å². The van der Waals surface area contributed by atoms with Crippen LogP contribution in [0.1, 0.15) is 12.5 Å². The van der Waals surface area contributed by atoms with Crippen LogP contribution in [0.4, 0.5) is 0 Å². The van der Waals surface area contributed by atoms with E-state index in [1.165, 1.54) is 0 Å². The molecule has 134 valence electrons. The summed E-state index contributed by atoms with van der Waals surface area (Å²) in [6, 6.07) is 9.92. The Morgan fingerprint density at radius 1 is 1.33 bits per heavy atom. The van der Waals surface area contributed by atoms with Crippen molar-refractivity contribution >= 4 is 15.8 Å². The Labute approximate surface area is 143 Å². The predicted molar refractivity (Wildman–Crippen MR) is 91.1 cm³/mol. The highest BCUT2D eigenvalue weighted by Crippen LogP contribution is 2.30. The fraction of sp³-hybridized carbons (Fsp3) is 0.562. The Morgan fingerprint density at radius 2 is 2.04 bits per heavy atom. The standard InChI is InChI=1S/C16H24N2O5S/c1-3-22-17-15-10-18(9-14-7-5-4-6-8-14)11-16(15,12-19)13-23-24(2,20)21/h4-8,19H,3,9-13H2,1-2H3. The lowest BCUT2D eigenvalue weighted by molar-refractivity contribution is 0.103. The van der Waals surface area contributed by atoms with Gasteiger partial charge in [0.25, 0.3) is 10.1 Å². The second-order valence-electron chi connectivity index (χ2n) is 5.99. The number of hydrogen-bond acceptors (Lipinski definition) is 7. The number of likely N-dealkylation sites (tertiary alicyclic amines) is 1. The van der Waals surface area contributed by atoms with Gasteiger partial charge in [-0.05, 0) is 12.5 Å². The molecule has 1 atom stereocenters. The topological polar surface area (TPSA) is 88.4 Å². The lowest BCUT2D eigenvalue weighted by Crippen LogP contribution is -2.40. The molecule has 2 rings (SSSR count). The van der Waals surface area contributed by atoms with Crippen molar-refractivity contribution in [3.63, 3.8) is 0 Å². The van der Waals surface area contributed by atoms with Gasteiger partial charge in [0.2, 0.25) is 0 Å². The maximum atomic E-state index is 11.4. The number of nitrogens with zero attached hydrogens (tertiary/aromatic N) is 2. The predicted octanol–water partition coefficient (Wildman–Crippen LogP) is 0.850. The lowest BCUT2D eigenvalue weighted by atomic mass is 9.87. The minimum absolute atomic E-state index is 0.153. The minimum Gasteiger partial charge on any atom is -0.396 e. The number of benzene rings is 1.